The van der Waals surface area contributed by atoms with Gasteiger partial charge in [0.15, 0.2) is 0 Å². The third kappa shape index (κ3) is 3.95. The van der Waals surface area contributed by atoms with E-state index in [1.165, 1.54) is 4.80 Å². The van der Waals surface area contributed by atoms with E-state index in [9.17, 15) is 4.79 Å². The molecule has 1 amide bonds. The highest BCUT2D eigenvalue weighted by molar-refractivity contribution is 6.30. The summed E-state index contributed by atoms with van der Waals surface area (Å²) in [6.07, 6.45) is 0. The highest BCUT2D eigenvalue weighted by Crippen LogP contribution is 2.19. The van der Waals surface area contributed by atoms with Crippen LogP contribution in [-0.4, -0.2) is 33.2 Å². The number of amides is 1. The van der Waals surface area contributed by atoms with E-state index < -0.39 is 6.04 Å². The SMILES string of the molecule is COc1ccc(NC(=O)C(C)n2nnc(-c3ccc(Cl)cc3)n2)cc1. The molecule has 0 bridgehead atoms. The number of ether oxygens (including phenoxy) is 1. The largest absolute Gasteiger partial charge is 0.497 e. The maximum Gasteiger partial charge on any atom is 0.250 e. The Morgan fingerprint density at radius 2 is 1.84 bits per heavy atom. The highest BCUT2D eigenvalue weighted by Gasteiger charge is 2.19. The molecule has 3 aromatic rings. The number of aromatic nitrogens is 4. The van der Waals surface area contributed by atoms with E-state index in [4.69, 9.17) is 16.3 Å². The van der Waals surface area contributed by atoms with Gasteiger partial charge in [0.05, 0.1) is 7.11 Å². The summed E-state index contributed by atoms with van der Waals surface area (Å²) in [6, 6.07) is 13.5. The number of halogens is 1. The molecule has 0 aliphatic carbocycles. The summed E-state index contributed by atoms with van der Waals surface area (Å²) in [4.78, 5) is 13.6. The molecule has 0 spiro atoms. The minimum absolute atomic E-state index is 0.245. The molecule has 1 unspecified atom stereocenters. The average molecular weight is 358 g/mol. The molecular formula is C17H16ClN5O2. The molecule has 8 heteroatoms. The Balaban J connectivity index is 1.70. The zero-order valence-corrected chi connectivity index (χ0v) is 14.4. The van der Waals surface area contributed by atoms with E-state index in [1.54, 1.807) is 62.6 Å². The molecule has 0 fully saturated rings. The zero-order chi connectivity index (χ0) is 17.8. The molecule has 0 radical (unpaired) electrons. The number of methoxy groups -OCH3 is 1. The van der Waals surface area contributed by atoms with Crippen LogP contribution in [0.2, 0.25) is 5.02 Å². The van der Waals surface area contributed by atoms with Gasteiger partial charge in [0, 0.05) is 16.3 Å². The van der Waals surface area contributed by atoms with Crippen molar-refractivity contribution in [3.63, 3.8) is 0 Å². The molecule has 1 heterocycles. The van der Waals surface area contributed by atoms with Gasteiger partial charge in [-0.25, -0.2) is 0 Å². The Morgan fingerprint density at radius 1 is 1.16 bits per heavy atom. The van der Waals surface area contributed by atoms with E-state index in [2.05, 4.69) is 20.7 Å². The van der Waals surface area contributed by atoms with Crippen molar-refractivity contribution in [1.29, 1.82) is 0 Å². The summed E-state index contributed by atoms with van der Waals surface area (Å²) >= 11 is 5.87. The molecule has 7 nitrogen and oxygen atoms in total. The number of nitrogens with one attached hydrogen (secondary N) is 1. The summed E-state index contributed by atoms with van der Waals surface area (Å²) in [7, 11) is 1.59. The lowest BCUT2D eigenvalue weighted by molar-refractivity contribution is -0.119. The van der Waals surface area contributed by atoms with E-state index in [1.807, 2.05) is 0 Å². The Bertz CT molecular complexity index is 862. The Morgan fingerprint density at radius 3 is 2.48 bits per heavy atom. The number of hydrogen-bond acceptors (Lipinski definition) is 5. The number of carbonyl (C=O) groups excluding carboxylic acids is 1. The van der Waals surface area contributed by atoms with Gasteiger partial charge in [-0.2, -0.15) is 4.80 Å². The summed E-state index contributed by atoms with van der Waals surface area (Å²) in [5.41, 5.74) is 1.44. The predicted octanol–water partition coefficient (Wildman–Crippen LogP) is 3.20. The zero-order valence-electron chi connectivity index (χ0n) is 13.7. The molecule has 1 atom stereocenters. The third-order valence-corrected chi connectivity index (χ3v) is 3.87. The van der Waals surface area contributed by atoms with E-state index in [-0.39, 0.29) is 5.91 Å². The van der Waals surface area contributed by atoms with Gasteiger partial charge in [0.25, 0.3) is 5.91 Å². The molecular weight excluding hydrogens is 342 g/mol. The molecule has 0 aliphatic heterocycles. The lowest BCUT2D eigenvalue weighted by Gasteiger charge is -2.11. The minimum atomic E-state index is -0.615. The molecule has 2 aromatic carbocycles. The smallest absolute Gasteiger partial charge is 0.250 e. The van der Waals surface area contributed by atoms with Gasteiger partial charge in [-0.3, -0.25) is 4.79 Å². The quantitative estimate of drug-likeness (QED) is 0.758. The number of hydrogen-bond donors (Lipinski definition) is 1. The highest BCUT2D eigenvalue weighted by atomic mass is 35.5. The van der Waals surface area contributed by atoms with Crippen molar-refractivity contribution < 1.29 is 9.53 Å². The molecule has 0 aliphatic rings. The summed E-state index contributed by atoms with van der Waals surface area (Å²) in [5, 5.41) is 15.7. The second-order valence-corrected chi connectivity index (χ2v) is 5.77. The van der Waals surface area contributed by atoms with E-state index in [0.717, 1.165) is 11.3 Å². The molecule has 128 valence electrons. The van der Waals surface area contributed by atoms with Crippen molar-refractivity contribution in [2.75, 3.05) is 12.4 Å². The van der Waals surface area contributed by atoms with Crippen LogP contribution in [0.3, 0.4) is 0 Å². The van der Waals surface area contributed by atoms with Gasteiger partial charge in [-0.05, 0) is 60.7 Å². The van der Waals surface area contributed by atoms with Crippen molar-refractivity contribution in [2.45, 2.75) is 13.0 Å². The number of tetrazole rings is 1. The van der Waals surface area contributed by atoms with Crippen LogP contribution in [0.4, 0.5) is 5.69 Å². The number of anilines is 1. The monoisotopic (exact) mass is 357 g/mol. The lowest BCUT2D eigenvalue weighted by atomic mass is 10.2. The molecule has 1 aromatic heterocycles. The molecule has 0 saturated heterocycles. The normalized spacial score (nSPS) is 11.8. The maximum atomic E-state index is 12.4. The Hall–Kier alpha value is -2.93. The van der Waals surface area contributed by atoms with Crippen LogP contribution in [0.25, 0.3) is 11.4 Å². The van der Waals surface area contributed by atoms with Gasteiger partial charge in [0.2, 0.25) is 5.82 Å². The first kappa shape index (κ1) is 16.9. The van der Waals surface area contributed by atoms with Gasteiger partial charge in [-0.15, -0.1) is 10.2 Å². The third-order valence-electron chi connectivity index (χ3n) is 3.61. The van der Waals surface area contributed by atoms with Crippen molar-refractivity contribution in [3.8, 4) is 17.1 Å². The van der Waals surface area contributed by atoms with Crippen LogP contribution in [0.5, 0.6) is 5.75 Å². The molecule has 25 heavy (non-hydrogen) atoms. The van der Waals surface area contributed by atoms with Crippen LogP contribution < -0.4 is 10.1 Å². The minimum Gasteiger partial charge on any atom is -0.497 e. The van der Waals surface area contributed by atoms with Crippen LogP contribution >= 0.6 is 11.6 Å². The van der Waals surface area contributed by atoms with E-state index in [0.29, 0.717) is 16.5 Å². The molecule has 3 rings (SSSR count). The maximum absolute atomic E-state index is 12.4. The van der Waals surface area contributed by atoms with Gasteiger partial charge >= 0.3 is 0 Å². The first-order chi connectivity index (χ1) is 12.1. The Labute approximate surface area is 149 Å². The van der Waals surface area contributed by atoms with Crippen LogP contribution in [-0.2, 0) is 4.79 Å². The fraction of sp³-hybridized carbons (Fsp3) is 0.176. The van der Waals surface area contributed by atoms with Crippen molar-refractivity contribution in [2.24, 2.45) is 0 Å². The summed E-state index contributed by atoms with van der Waals surface area (Å²) in [5.74, 6) is 0.905. The van der Waals surface area contributed by atoms with Crippen molar-refractivity contribution in [1.82, 2.24) is 20.2 Å². The number of nitrogens with zero attached hydrogens (tertiary/aromatic N) is 4. The lowest BCUT2D eigenvalue weighted by Crippen LogP contribution is -2.25. The van der Waals surface area contributed by atoms with Gasteiger partial charge < -0.3 is 10.1 Å². The topological polar surface area (TPSA) is 81.9 Å². The number of benzene rings is 2. The number of carbonyl (C=O) groups is 1. The van der Waals surface area contributed by atoms with Crippen molar-refractivity contribution >= 4 is 23.2 Å². The predicted molar refractivity (Wildman–Crippen MR) is 94.6 cm³/mol. The fourth-order valence-corrected chi connectivity index (χ4v) is 2.26. The summed E-state index contributed by atoms with van der Waals surface area (Å²) in [6.45, 7) is 1.70. The second-order valence-electron chi connectivity index (χ2n) is 5.33. The van der Waals surface area contributed by atoms with Crippen molar-refractivity contribution in [3.05, 3.63) is 53.6 Å². The van der Waals surface area contributed by atoms with Gasteiger partial charge in [-0.1, -0.05) is 11.6 Å². The molecule has 1 N–H and O–H groups in total. The standard InChI is InChI=1S/C17H16ClN5O2/c1-11(17(24)19-14-7-9-15(25-2)10-8-14)23-21-16(20-22-23)12-3-5-13(18)6-4-12/h3-11H,1-2H3,(H,19,24). The fourth-order valence-electron chi connectivity index (χ4n) is 2.13. The second kappa shape index (κ2) is 7.31. The van der Waals surface area contributed by atoms with Crippen LogP contribution in [0, 0.1) is 0 Å². The summed E-state index contributed by atoms with van der Waals surface area (Å²) < 4.78 is 5.09. The molecule has 0 saturated carbocycles. The average Bonchev–Trinajstić information content (AvgIpc) is 3.12. The number of rotatable bonds is 5. The first-order valence-electron chi connectivity index (χ1n) is 7.57. The van der Waals surface area contributed by atoms with Crippen LogP contribution in [0.15, 0.2) is 48.5 Å². The van der Waals surface area contributed by atoms with E-state index >= 15 is 0 Å². The first-order valence-corrected chi connectivity index (χ1v) is 7.95. The van der Waals surface area contributed by atoms with Gasteiger partial charge in [0.1, 0.15) is 11.8 Å². The Kier molecular flexibility index (Phi) is 4.95. The van der Waals surface area contributed by atoms with Crippen LogP contribution in [0.1, 0.15) is 13.0 Å².